The maximum Gasteiger partial charge on any atom is 0.270 e. The molecule has 2 aromatic carbocycles. The lowest BCUT2D eigenvalue weighted by molar-refractivity contribution is -0.113. The van der Waals surface area contributed by atoms with Gasteiger partial charge in [0.05, 0.1) is 10.6 Å². The van der Waals surface area contributed by atoms with E-state index in [4.69, 9.17) is 12.2 Å². The first-order valence-electron chi connectivity index (χ1n) is 6.57. The quantitative estimate of drug-likeness (QED) is 0.487. The van der Waals surface area contributed by atoms with Gasteiger partial charge in [-0.1, -0.05) is 66.4 Å². The highest BCUT2D eigenvalue weighted by atomic mass is 32.2. The minimum absolute atomic E-state index is 0.124. The second-order valence-corrected chi connectivity index (χ2v) is 6.31. The second-order valence-electron chi connectivity index (χ2n) is 4.64. The van der Waals surface area contributed by atoms with Crippen molar-refractivity contribution in [3.05, 3.63) is 70.6 Å². The van der Waals surface area contributed by atoms with E-state index in [9.17, 15) is 9.59 Å². The summed E-state index contributed by atoms with van der Waals surface area (Å²) in [6.07, 6.45) is 2.58. The summed E-state index contributed by atoms with van der Waals surface area (Å²) in [5, 5.41) is 0. The number of carbonyl (C=O) groups excluding carboxylic acids is 2. The van der Waals surface area contributed by atoms with Crippen LogP contribution in [0.1, 0.15) is 15.9 Å². The second kappa shape index (κ2) is 6.25. The highest BCUT2D eigenvalue weighted by molar-refractivity contribution is 8.27. The Labute approximate surface area is 137 Å². The van der Waals surface area contributed by atoms with Gasteiger partial charge < -0.3 is 0 Å². The predicted octanol–water partition coefficient (Wildman–Crippen LogP) is 3.90. The van der Waals surface area contributed by atoms with Crippen LogP contribution in [0.4, 0.5) is 5.69 Å². The highest BCUT2D eigenvalue weighted by Crippen LogP contribution is 2.35. The fourth-order valence-electron chi connectivity index (χ4n) is 2.09. The van der Waals surface area contributed by atoms with E-state index in [-0.39, 0.29) is 5.91 Å². The summed E-state index contributed by atoms with van der Waals surface area (Å²) in [7, 11) is 0. The Morgan fingerprint density at radius 3 is 2.23 bits per heavy atom. The van der Waals surface area contributed by atoms with Crippen molar-refractivity contribution in [3.8, 4) is 0 Å². The zero-order valence-corrected chi connectivity index (χ0v) is 13.1. The Hall–Kier alpha value is -2.24. The Bertz CT molecular complexity index is 767. The third-order valence-electron chi connectivity index (χ3n) is 3.18. The van der Waals surface area contributed by atoms with Crippen LogP contribution in [0.3, 0.4) is 0 Å². The van der Waals surface area contributed by atoms with Crippen LogP contribution in [0, 0.1) is 0 Å². The van der Waals surface area contributed by atoms with Crippen molar-refractivity contribution >= 4 is 52.3 Å². The molecular weight excluding hydrogens is 314 g/mol. The number of hydrogen-bond donors (Lipinski definition) is 0. The minimum Gasteiger partial charge on any atom is -0.298 e. The van der Waals surface area contributed by atoms with Crippen molar-refractivity contribution < 1.29 is 9.59 Å². The number of aldehydes is 1. The van der Waals surface area contributed by atoms with Crippen LogP contribution >= 0.6 is 24.0 Å². The van der Waals surface area contributed by atoms with E-state index in [1.807, 2.05) is 30.3 Å². The summed E-state index contributed by atoms with van der Waals surface area (Å²) < 4.78 is 0.520. The molecule has 1 saturated heterocycles. The first-order chi connectivity index (χ1) is 10.7. The number of para-hydroxylation sites is 1. The number of thiocarbonyl (C=S) groups is 1. The molecule has 0 aliphatic carbocycles. The van der Waals surface area contributed by atoms with Gasteiger partial charge >= 0.3 is 0 Å². The molecule has 0 saturated carbocycles. The number of amides is 1. The molecule has 5 heteroatoms. The molecule has 0 unspecified atom stereocenters. The molecule has 0 atom stereocenters. The molecule has 0 radical (unpaired) electrons. The van der Waals surface area contributed by atoms with E-state index < -0.39 is 0 Å². The zero-order chi connectivity index (χ0) is 15.5. The van der Waals surface area contributed by atoms with Gasteiger partial charge in [-0.05, 0) is 23.8 Å². The molecule has 1 fully saturated rings. The lowest BCUT2D eigenvalue weighted by Crippen LogP contribution is -2.27. The van der Waals surface area contributed by atoms with Crippen LogP contribution in [0.25, 0.3) is 6.08 Å². The molecule has 0 bridgehead atoms. The van der Waals surface area contributed by atoms with Crippen molar-refractivity contribution in [2.75, 3.05) is 4.90 Å². The number of hydrogen-bond acceptors (Lipinski definition) is 4. The fourth-order valence-corrected chi connectivity index (χ4v) is 3.39. The molecule has 3 nitrogen and oxygen atoms in total. The predicted molar refractivity (Wildman–Crippen MR) is 93.9 cm³/mol. The summed E-state index contributed by atoms with van der Waals surface area (Å²) in [6.45, 7) is 0. The maximum absolute atomic E-state index is 12.5. The third-order valence-corrected chi connectivity index (χ3v) is 4.48. The lowest BCUT2D eigenvalue weighted by atomic mass is 10.1. The summed E-state index contributed by atoms with van der Waals surface area (Å²) >= 11 is 6.59. The van der Waals surface area contributed by atoms with Gasteiger partial charge in [0.15, 0.2) is 4.32 Å². The number of anilines is 1. The van der Waals surface area contributed by atoms with Gasteiger partial charge in [0.1, 0.15) is 6.29 Å². The summed E-state index contributed by atoms with van der Waals surface area (Å²) in [4.78, 5) is 25.3. The van der Waals surface area contributed by atoms with Crippen molar-refractivity contribution in [1.82, 2.24) is 0 Å². The molecule has 0 aromatic heterocycles. The Balaban J connectivity index is 1.90. The largest absolute Gasteiger partial charge is 0.298 e. The summed E-state index contributed by atoms with van der Waals surface area (Å²) in [5.41, 5.74) is 2.23. The topological polar surface area (TPSA) is 37.4 Å². The normalized spacial score (nSPS) is 16.4. The molecule has 0 N–H and O–H groups in total. The smallest absolute Gasteiger partial charge is 0.270 e. The molecule has 2 aromatic rings. The fraction of sp³-hybridized carbons (Fsp3) is 0. The average molecular weight is 325 g/mol. The van der Waals surface area contributed by atoms with Gasteiger partial charge in [-0.25, -0.2) is 0 Å². The minimum atomic E-state index is -0.124. The Morgan fingerprint density at radius 1 is 0.955 bits per heavy atom. The van der Waals surface area contributed by atoms with E-state index >= 15 is 0 Å². The van der Waals surface area contributed by atoms with E-state index in [0.29, 0.717) is 14.8 Å². The van der Waals surface area contributed by atoms with Gasteiger partial charge in [0.2, 0.25) is 0 Å². The SMILES string of the molecule is O=Cc1ccc(/C=C2/SC(=S)N(c3ccccc3)C2=O)cc1. The van der Waals surface area contributed by atoms with Crippen LogP contribution in [-0.4, -0.2) is 16.5 Å². The lowest BCUT2D eigenvalue weighted by Gasteiger charge is -2.13. The van der Waals surface area contributed by atoms with Gasteiger partial charge in [-0.2, -0.15) is 0 Å². The van der Waals surface area contributed by atoms with E-state index in [0.717, 1.165) is 17.5 Å². The standard InChI is InChI=1S/C17H11NO2S2/c19-11-13-8-6-12(7-9-13)10-15-16(20)18(17(21)22-15)14-4-2-1-3-5-14/h1-11H/b15-10+. The average Bonchev–Trinajstić information content (AvgIpc) is 2.83. The van der Waals surface area contributed by atoms with Gasteiger partial charge in [0.25, 0.3) is 5.91 Å². The first-order valence-corrected chi connectivity index (χ1v) is 7.80. The van der Waals surface area contributed by atoms with Gasteiger partial charge in [-0.15, -0.1) is 0 Å². The van der Waals surface area contributed by atoms with Crippen LogP contribution in [0.15, 0.2) is 59.5 Å². The first kappa shape index (κ1) is 14.7. The van der Waals surface area contributed by atoms with Crippen molar-refractivity contribution in [1.29, 1.82) is 0 Å². The van der Waals surface area contributed by atoms with Crippen LogP contribution < -0.4 is 4.90 Å². The zero-order valence-electron chi connectivity index (χ0n) is 11.4. The van der Waals surface area contributed by atoms with Gasteiger partial charge in [-0.3, -0.25) is 14.5 Å². The molecule has 1 amide bonds. The van der Waals surface area contributed by atoms with Crippen molar-refractivity contribution in [3.63, 3.8) is 0 Å². The van der Waals surface area contributed by atoms with Crippen molar-refractivity contribution in [2.45, 2.75) is 0 Å². The number of carbonyl (C=O) groups is 2. The summed E-state index contributed by atoms with van der Waals surface area (Å²) in [6, 6.07) is 16.4. The molecule has 22 heavy (non-hydrogen) atoms. The molecule has 3 rings (SSSR count). The molecule has 1 aliphatic heterocycles. The maximum atomic E-state index is 12.5. The Kier molecular flexibility index (Phi) is 4.18. The molecule has 1 aliphatic rings. The van der Waals surface area contributed by atoms with E-state index in [1.165, 1.54) is 16.7 Å². The van der Waals surface area contributed by atoms with Crippen LogP contribution in [-0.2, 0) is 4.79 Å². The Morgan fingerprint density at radius 2 is 1.59 bits per heavy atom. The number of nitrogens with zero attached hydrogens (tertiary/aromatic N) is 1. The summed E-state index contributed by atoms with van der Waals surface area (Å²) in [5.74, 6) is -0.124. The number of benzene rings is 2. The van der Waals surface area contributed by atoms with Crippen LogP contribution in [0.5, 0.6) is 0 Å². The molecule has 108 valence electrons. The molecule has 1 heterocycles. The third kappa shape index (κ3) is 2.86. The van der Waals surface area contributed by atoms with Crippen LogP contribution in [0.2, 0.25) is 0 Å². The van der Waals surface area contributed by atoms with Gasteiger partial charge in [0, 0.05) is 5.56 Å². The molecule has 0 spiro atoms. The monoisotopic (exact) mass is 325 g/mol. The number of rotatable bonds is 3. The van der Waals surface area contributed by atoms with E-state index in [1.54, 1.807) is 30.3 Å². The molecular formula is C17H11NO2S2. The number of thioether (sulfide) groups is 1. The highest BCUT2D eigenvalue weighted by Gasteiger charge is 2.33. The van der Waals surface area contributed by atoms with Crippen molar-refractivity contribution in [2.24, 2.45) is 0 Å². The van der Waals surface area contributed by atoms with E-state index in [2.05, 4.69) is 0 Å².